The Labute approximate surface area is 125 Å². The number of aromatic hydroxyl groups is 1. The van der Waals surface area contributed by atoms with Crippen molar-refractivity contribution in [2.24, 2.45) is 0 Å². The standard InChI is InChI=1S/C15H23ClN2O2/c1-17-6-4-12(5-7-17)18(2)10-11-8-13(16)15(19)14(9-11)20-3/h8-9,12,19H,4-7,10H2,1-3H3. The van der Waals surface area contributed by atoms with E-state index in [1.807, 2.05) is 12.1 Å². The van der Waals surface area contributed by atoms with Crippen LogP contribution in [0.3, 0.4) is 0 Å². The molecule has 1 aliphatic rings. The molecule has 1 aliphatic heterocycles. The molecular formula is C15H23ClN2O2. The van der Waals surface area contributed by atoms with E-state index in [1.54, 1.807) is 0 Å². The Hall–Kier alpha value is -0.970. The number of halogens is 1. The van der Waals surface area contributed by atoms with E-state index in [9.17, 15) is 5.11 Å². The van der Waals surface area contributed by atoms with Crippen molar-refractivity contribution in [3.8, 4) is 11.5 Å². The quantitative estimate of drug-likeness (QED) is 0.927. The lowest BCUT2D eigenvalue weighted by atomic mass is 10.0. The minimum absolute atomic E-state index is 0.0138. The van der Waals surface area contributed by atoms with E-state index in [4.69, 9.17) is 16.3 Å². The van der Waals surface area contributed by atoms with Gasteiger partial charge in [0.15, 0.2) is 11.5 Å². The van der Waals surface area contributed by atoms with E-state index in [1.165, 1.54) is 20.0 Å². The Morgan fingerprint density at radius 1 is 1.40 bits per heavy atom. The third-order valence-corrected chi connectivity index (χ3v) is 4.34. The molecule has 1 aromatic carbocycles. The maximum absolute atomic E-state index is 9.76. The molecule has 1 fully saturated rings. The van der Waals surface area contributed by atoms with Crippen LogP contribution in [0.2, 0.25) is 5.02 Å². The summed E-state index contributed by atoms with van der Waals surface area (Å²) in [6, 6.07) is 4.27. The molecule has 5 heteroatoms. The Morgan fingerprint density at radius 3 is 2.65 bits per heavy atom. The molecule has 112 valence electrons. The molecule has 4 nitrogen and oxygen atoms in total. The molecule has 0 radical (unpaired) electrons. The van der Waals surface area contributed by atoms with Gasteiger partial charge < -0.3 is 14.7 Å². The van der Waals surface area contributed by atoms with E-state index < -0.39 is 0 Å². The number of ether oxygens (including phenoxy) is 1. The van der Waals surface area contributed by atoms with Crippen molar-refractivity contribution in [1.82, 2.24) is 9.80 Å². The summed E-state index contributed by atoms with van der Waals surface area (Å²) in [6.07, 6.45) is 2.38. The molecule has 0 bridgehead atoms. The van der Waals surface area contributed by atoms with Gasteiger partial charge in [-0.2, -0.15) is 0 Å². The highest BCUT2D eigenvalue weighted by molar-refractivity contribution is 6.32. The van der Waals surface area contributed by atoms with Gasteiger partial charge in [-0.15, -0.1) is 0 Å². The molecule has 0 spiro atoms. The summed E-state index contributed by atoms with van der Waals surface area (Å²) in [4.78, 5) is 4.72. The number of piperidine rings is 1. The third-order valence-electron chi connectivity index (χ3n) is 4.05. The summed E-state index contributed by atoms with van der Waals surface area (Å²) in [5.41, 5.74) is 1.06. The summed E-state index contributed by atoms with van der Waals surface area (Å²) in [5, 5.41) is 10.1. The van der Waals surface area contributed by atoms with E-state index in [0.717, 1.165) is 25.2 Å². The monoisotopic (exact) mass is 298 g/mol. The summed E-state index contributed by atoms with van der Waals surface area (Å²) in [7, 11) is 5.85. The zero-order chi connectivity index (χ0) is 14.7. The van der Waals surface area contributed by atoms with Gasteiger partial charge in [-0.3, -0.25) is 4.90 Å². The molecule has 1 saturated heterocycles. The zero-order valence-electron chi connectivity index (χ0n) is 12.4. The number of benzene rings is 1. The summed E-state index contributed by atoms with van der Waals surface area (Å²) in [6.45, 7) is 3.11. The molecule has 0 saturated carbocycles. The van der Waals surface area contributed by atoms with Gasteiger partial charge >= 0.3 is 0 Å². The first kappa shape index (κ1) is 15.4. The first-order valence-corrected chi connectivity index (χ1v) is 7.33. The predicted molar refractivity (Wildman–Crippen MR) is 81.7 cm³/mol. The van der Waals surface area contributed by atoms with Crippen LogP contribution in [0.25, 0.3) is 0 Å². The lowest BCUT2D eigenvalue weighted by Gasteiger charge is -2.35. The predicted octanol–water partition coefficient (Wildman–Crippen LogP) is 2.58. The second-order valence-electron chi connectivity index (χ2n) is 5.58. The highest BCUT2D eigenvalue weighted by Crippen LogP contribution is 2.35. The second-order valence-corrected chi connectivity index (χ2v) is 5.99. The lowest BCUT2D eigenvalue weighted by Crippen LogP contribution is -2.41. The van der Waals surface area contributed by atoms with Gasteiger partial charge in [-0.05, 0) is 57.7 Å². The zero-order valence-corrected chi connectivity index (χ0v) is 13.2. The van der Waals surface area contributed by atoms with Gasteiger partial charge in [0, 0.05) is 12.6 Å². The van der Waals surface area contributed by atoms with Crippen LogP contribution in [0, 0.1) is 0 Å². The molecule has 1 aromatic rings. The van der Waals surface area contributed by atoms with Crippen LogP contribution in [-0.2, 0) is 6.54 Å². The number of nitrogens with zero attached hydrogens (tertiary/aromatic N) is 2. The Morgan fingerprint density at radius 2 is 2.05 bits per heavy atom. The van der Waals surface area contributed by atoms with Crippen LogP contribution in [-0.4, -0.2) is 55.2 Å². The van der Waals surface area contributed by atoms with Crippen LogP contribution in [0.1, 0.15) is 18.4 Å². The third kappa shape index (κ3) is 3.57. The fourth-order valence-corrected chi connectivity index (χ4v) is 2.96. The van der Waals surface area contributed by atoms with Crippen molar-refractivity contribution in [2.45, 2.75) is 25.4 Å². The van der Waals surface area contributed by atoms with Crippen LogP contribution < -0.4 is 4.74 Å². The van der Waals surface area contributed by atoms with Gasteiger partial charge in [0.1, 0.15) is 0 Å². The fraction of sp³-hybridized carbons (Fsp3) is 0.600. The van der Waals surface area contributed by atoms with Crippen LogP contribution in [0.5, 0.6) is 11.5 Å². The average Bonchev–Trinajstić information content (AvgIpc) is 2.43. The molecule has 0 atom stereocenters. The number of phenols is 1. The van der Waals surface area contributed by atoms with Crippen molar-refractivity contribution in [1.29, 1.82) is 0 Å². The SMILES string of the molecule is COc1cc(CN(C)C2CCN(C)CC2)cc(Cl)c1O. The second kappa shape index (κ2) is 6.66. The maximum atomic E-state index is 9.76. The van der Waals surface area contributed by atoms with E-state index in [-0.39, 0.29) is 5.75 Å². The number of likely N-dealkylation sites (tertiary alicyclic amines) is 1. The maximum Gasteiger partial charge on any atom is 0.176 e. The topological polar surface area (TPSA) is 35.9 Å². The molecule has 0 unspecified atom stereocenters. The summed E-state index contributed by atoms with van der Waals surface area (Å²) >= 11 is 6.03. The molecule has 0 amide bonds. The molecule has 20 heavy (non-hydrogen) atoms. The molecule has 1 heterocycles. The van der Waals surface area contributed by atoms with Gasteiger partial charge in [0.25, 0.3) is 0 Å². The Bertz CT molecular complexity index is 459. The molecule has 1 N–H and O–H groups in total. The summed E-state index contributed by atoms with van der Waals surface area (Å²) < 4.78 is 5.15. The number of phenolic OH excluding ortho intramolecular Hbond substituents is 1. The Kier molecular flexibility index (Phi) is 5.13. The number of rotatable bonds is 4. The normalized spacial score (nSPS) is 17.6. The molecule has 0 aromatic heterocycles. The van der Waals surface area contributed by atoms with Crippen molar-refractivity contribution in [2.75, 3.05) is 34.3 Å². The van der Waals surface area contributed by atoms with Crippen molar-refractivity contribution < 1.29 is 9.84 Å². The largest absolute Gasteiger partial charge is 0.503 e. The number of hydrogen-bond donors (Lipinski definition) is 1. The summed E-state index contributed by atoms with van der Waals surface area (Å²) in [5.74, 6) is 0.448. The fourth-order valence-electron chi connectivity index (χ4n) is 2.73. The van der Waals surface area contributed by atoms with E-state index in [2.05, 4.69) is 23.9 Å². The highest BCUT2D eigenvalue weighted by atomic mass is 35.5. The highest BCUT2D eigenvalue weighted by Gasteiger charge is 2.21. The van der Waals surface area contributed by atoms with E-state index >= 15 is 0 Å². The van der Waals surface area contributed by atoms with Gasteiger partial charge in [-0.1, -0.05) is 11.6 Å². The number of hydrogen-bond acceptors (Lipinski definition) is 4. The van der Waals surface area contributed by atoms with Gasteiger partial charge in [0.05, 0.1) is 12.1 Å². The first-order chi connectivity index (χ1) is 9.51. The van der Waals surface area contributed by atoms with Crippen LogP contribution >= 0.6 is 11.6 Å². The van der Waals surface area contributed by atoms with Crippen molar-refractivity contribution >= 4 is 11.6 Å². The van der Waals surface area contributed by atoms with Crippen molar-refractivity contribution in [3.63, 3.8) is 0 Å². The number of methoxy groups -OCH3 is 1. The minimum Gasteiger partial charge on any atom is -0.503 e. The van der Waals surface area contributed by atoms with Gasteiger partial charge in [-0.25, -0.2) is 0 Å². The van der Waals surface area contributed by atoms with E-state index in [0.29, 0.717) is 16.8 Å². The average molecular weight is 299 g/mol. The first-order valence-electron chi connectivity index (χ1n) is 6.95. The van der Waals surface area contributed by atoms with Crippen molar-refractivity contribution in [3.05, 3.63) is 22.7 Å². The van der Waals surface area contributed by atoms with Crippen LogP contribution in [0.15, 0.2) is 12.1 Å². The van der Waals surface area contributed by atoms with Gasteiger partial charge in [0.2, 0.25) is 0 Å². The van der Waals surface area contributed by atoms with Crippen LogP contribution in [0.4, 0.5) is 0 Å². The smallest absolute Gasteiger partial charge is 0.176 e. The molecule has 0 aliphatic carbocycles. The molecule has 2 rings (SSSR count). The molecular weight excluding hydrogens is 276 g/mol. The lowest BCUT2D eigenvalue weighted by molar-refractivity contribution is 0.139. The Balaban J connectivity index is 2.04. The minimum atomic E-state index is 0.0138.